The van der Waals surface area contributed by atoms with Gasteiger partial charge in [0.05, 0.1) is 27.3 Å². The maximum Gasteiger partial charge on any atom is 0.331 e. The van der Waals surface area contributed by atoms with Crippen LogP contribution in [-0.2, 0) is 0 Å². The van der Waals surface area contributed by atoms with Gasteiger partial charge in [0.25, 0.3) is 0 Å². The Kier molecular flexibility index (Phi) is 6.85. The number of carbonyl (C=O) groups excluding carboxylic acids is 2. The van der Waals surface area contributed by atoms with E-state index in [2.05, 4.69) is 24.1 Å². The molecule has 1 aliphatic carbocycles. The van der Waals surface area contributed by atoms with Crippen LogP contribution >= 0.6 is 11.3 Å². The number of hydrogen-bond acceptors (Lipinski definition) is 5. The Bertz CT molecular complexity index is 1540. The number of carbonyl (C=O) groups is 2. The highest BCUT2D eigenvalue weighted by Gasteiger charge is 2.34. The first-order chi connectivity index (χ1) is 18.9. The van der Waals surface area contributed by atoms with E-state index in [0.29, 0.717) is 34.6 Å². The zero-order valence-corrected chi connectivity index (χ0v) is 23.4. The number of ketones is 1. The summed E-state index contributed by atoms with van der Waals surface area (Å²) >= 11 is 1.39. The van der Waals surface area contributed by atoms with Gasteiger partial charge in [-0.25, -0.2) is 9.78 Å². The minimum atomic E-state index is -0.278. The highest BCUT2D eigenvalue weighted by Crippen LogP contribution is 2.47. The standard InChI is InChI=1S/C32H33N3O3S/c1-19(2)22-11-9-21(10-12-22)18-27(36)30-29-28-26(15-16-33-31(28)39-30)35(32(37)34-29)25-14-13-24(17-20(25)3)38-23-7-5-4-6-8-23/h4-8,13-17,19,21-22H,9-12,18H2,1-3H3,(H,34,37)/t21-,22+. The summed E-state index contributed by atoms with van der Waals surface area (Å²) in [6, 6.07) is 16.9. The molecule has 0 atom stereocenters. The predicted molar refractivity (Wildman–Crippen MR) is 158 cm³/mol. The van der Waals surface area contributed by atoms with Crippen LogP contribution in [0.5, 0.6) is 11.5 Å². The largest absolute Gasteiger partial charge is 0.457 e. The van der Waals surface area contributed by atoms with Crippen LogP contribution in [0, 0.1) is 24.7 Å². The molecule has 0 radical (unpaired) electrons. The molecule has 0 saturated heterocycles. The number of amides is 2. The molecular weight excluding hydrogens is 506 g/mol. The minimum Gasteiger partial charge on any atom is -0.457 e. The smallest absolute Gasteiger partial charge is 0.331 e. The number of rotatable bonds is 7. The normalized spacial score (nSPS) is 18.9. The number of benzene rings is 2. The van der Waals surface area contributed by atoms with Crippen LogP contribution in [-0.4, -0.2) is 16.8 Å². The first-order valence-corrected chi connectivity index (χ1v) is 14.6. The summed E-state index contributed by atoms with van der Waals surface area (Å²) in [5, 5.41) is 3.88. The van der Waals surface area contributed by atoms with Crippen molar-refractivity contribution in [2.45, 2.75) is 52.9 Å². The second-order valence-electron chi connectivity index (χ2n) is 11.1. The number of nitrogens with zero attached hydrogens (tertiary/aromatic N) is 2. The number of para-hydroxylation sites is 1. The molecule has 7 heteroatoms. The van der Waals surface area contributed by atoms with Crippen molar-refractivity contribution in [1.29, 1.82) is 0 Å². The van der Waals surface area contributed by atoms with Gasteiger partial charge in [0.2, 0.25) is 0 Å². The molecule has 2 aromatic heterocycles. The van der Waals surface area contributed by atoms with Gasteiger partial charge in [0, 0.05) is 12.6 Å². The third-order valence-corrected chi connectivity index (χ3v) is 9.33. The molecule has 1 fully saturated rings. The molecule has 1 saturated carbocycles. The Balaban J connectivity index is 1.28. The van der Waals surface area contributed by atoms with Crippen LogP contribution in [0.4, 0.5) is 21.9 Å². The molecule has 3 heterocycles. The van der Waals surface area contributed by atoms with E-state index in [-0.39, 0.29) is 11.8 Å². The van der Waals surface area contributed by atoms with Crippen LogP contribution < -0.4 is 15.0 Å². The lowest BCUT2D eigenvalue weighted by Crippen LogP contribution is -2.34. The Morgan fingerprint density at radius 3 is 2.54 bits per heavy atom. The van der Waals surface area contributed by atoms with Crippen molar-refractivity contribution in [1.82, 2.24) is 4.98 Å². The monoisotopic (exact) mass is 539 g/mol. The zero-order valence-electron chi connectivity index (χ0n) is 22.6. The van der Waals surface area contributed by atoms with Crippen LogP contribution in [0.1, 0.15) is 61.2 Å². The Hall–Kier alpha value is -3.71. The third kappa shape index (κ3) is 4.91. The van der Waals surface area contributed by atoms with Crippen molar-refractivity contribution in [2.75, 3.05) is 10.2 Å². The Labute approximate surface area is 233 Å². The van der Waals surface area contributed by atoms with Crippen LogP contribution in [0.15, 0.2) is 60.8 Å². The van der Waals surface area contributed by atoms with Crippen LogP contribution in [0.25, 0.3) is 10.2 Å². The zero-order chi connectivity index (χ0) is 27.1. The summed E-state index contributed by atoms with van der Waals surface area (Å²) in [5.41, 5.74) is 3.01. The molecule has 4 aromatic rings. The van der Waals surface area contributed by atoms with E-state index in [4.69, 9.17) is 4.74 Å². The number of urea groups is 1. The molecular formula is C32H33N3O3S. The number of thiophene rings is 1. The lowest BCUT2D eigenvalue weighted by molar-refractivity contribution is 0.0942. The predicted octanol–water partition coefficient (Wildman–Crippen LogP) is 9.12. The van der Waals surface area contributed by atoms with Crippen molar-refractivity contribution in [2.24, 2.45) is 17.8 Å². The molecule has 2 amide bonds. The number of hydrogen-bond donors (Lipinski definition) is 1. The molecule has 0 bridgehead atoms. The average molecular weight is 540 g/mol. The van der Waals surface area contributed by atoms with Gasteiger partial charge < -0.3 is 10.1 Å². The third-order valence-electron chi connectivity index (χ3n) is 8.20. The van der Waals surface area contributed by atoms with Gasteiger partial charge in [-0.1, -0.05) is 32.0 Å². The first-order valence-electron chi connectivity index (χ1n) is 13.8. The van der Waals surface area contributed by atoms with E-state index < -0.39 is 0 Å². The fourth-order valence-corrected chi connectivity index (χ4v) is 7.07. The van der Waals surface area contributed by atoms with Crippen LogP contribution in [0.2, 0.25) is 0 Å². The number of Topliss-reactive ketones (excluding diaryl/α,β-unsaturated/α-hetero) is 1. The molecule has 39 heavy (non-hydrogen) atoms. The van der Waals surface area contributed by atoms with E-state index in [1.54, 1.807) is 11.1 Å². The van der Waals surface area contributed by atoms with E-state index in [0.717, 1.165) is 51.7 Å². The maximum absolute atomic E-state index is 13.5. The summed E-state index contributed by atoms with van der Waals surface area (Å²) in [7, 11) is 0. The number of aryl methyl sites for hydroxylation is 1. The van der Waals surface area contributed by atoms with Gasteiger partial charge in [-0.2, -0.15) is 0 Å². The second kappa shape index (κ2) is 10.5. The lowest BCUT2D eigenvalue weighted by Gasteiger charge is -2.31. The minimum absolute atomic E-state index is 0.110. The lowest BCUT2D eigenvalue weighted by atomic mass is 9.75. The molecule has 6 nitrogen and oxygen atoms in total. The highest BCUT2D eigenvalue weighted by molar-refractivity contribution is 7.21. The fraction of sp³-hybridized carbons (Fsp3) is 0.344. The van der Waals surface area contributed by atoms with Crippen molar-refractivity contribution in [3.8, 4) is 11.5 Å². The first kappa shape index (κ1) is 25.6. The molecule has 0 spiro atoms. The maximum atomic E-state index is 13.5. The van der Waals surface area contributed by atoms with Crippen molar-refractivity contribution in [3.63, 3.8) is 0 Å². The van der Waals surface area contributed by atoms with Crippen molar-refractivity contribution >= 4 is 50.4 Å². The molecule has 2 aromatic carbocycles. The fourth-order valence-electron chi connectivity index (χ4n) is 6.00. The Morgan fingerprint density at radius 1 is 1.05 bits per heavy atom. The van der Waals surface area contributed by atoms with E-state index in [9.17, 15) is 9.59 Å². The Morgan fingerprint density at radius 2 is 1.82 bits per heavy atom. The van der Waals surface area contributed by atoms with E-state index >= 15 is 0 Å². The van der Waals surface area contributed by atoms with Gasteiger partial charge in [0.15, 0.2) is 5.78 Å². The number of anilines is 3. The summed E-state index contributed by atoms with van der Waals surface area (Å²) in [6.07, 6.45) is 6.83. The molecule has 200 valence electrons. The number of aromatic nitrogens is 1. The summed E-state index contributed by atoms with van der Waals surface area (Å²) in [5.74, 6) is 3.44. The highest BCUT2D eigenvalue weighted by atomic mass is 32.1. The molecule has 0 unspecified atom stereocenters. The second-order valence-corrected chi connectivity index (χ2v) is 12.1. The van der Waals surface area contributed by atoms with Gasteiger partial charge >= 0.3 is 6.03 Å². The molecule has 1 N–H and O–H groups in total. The van der Waals surface area contributed by atoms with E-state index in [1.165, 1.54) is 24.2 Å². The van der Waals surface area contributed by atoms with Crippen molar-refractivity contribution in [3.05, 3.63) is 71.2 Å². The topological polar surface area (TPSA) is 71.5 Å². The summed E-state index contributed by atoms with van der Waals surface area (Å²) in [6.45, 7) is 6.55. The van der Waals surface area contributed by atoms with E-state index in [1.807, 2.05) is 61.5 Å². The SMILES string of the molecule is Cc1cc(Oc2ccccc2)ccc1N1C(=O)Nc2c(C(=O)C[C@H]3CC[C@@H](C(C)C)CC3)sc3nccc1c23. The number of ether oxygens (including phenoxy) is 1. The average Bonchev–Trinajstić information content (AvgIpc) is 3.30. The van der Waals surface area contributed by atoms with Gasteiger partial charge in [-0.15, -0.1) is 11.3 Å². The van der Waals surface area contributed by atoms with Crippen LogP contribution in [0.3, 0.4) is 0 Å². The summed E-state index contributed by atoms with van der Waals surface area (Å²) in [4.78, 5) is 34.7. The number of pyridine rings is 1. The molecule has 6 rings (SSSR count). The summed E-state index contributed by atoms with van der Waals surface area (Å²) < 4.78 is 5.99. The molecule has 1 aliphatic heterocycles. The van der Waals surface area contributed by atoms with Gasteiger partial charge in [-0.3, -0.25) is 9.69 Å². The van der Waals surface area contributed by atoms with Gasteiger partial charge in [-0.05, 0) is 92.3 Å². The quantitative estimate of drug-likeness (QED) is 0.238. The van der Waals surface area contributed by atoms with Gasteiger partial charge in [0.1, 0.15) is 16.3 Å². The molecule has 2 aliphatic rings. The van der Waals surface area contributed by atoms with Crippen molar-refractivity contribution < 1.29 is 14.3 Å². The number of nitrogens with one attached hydrogen (secondary N) is 1.